The van der Waals surface area contributed by atoms with Crippen molar-refractivity contribution >= 4 is 5.91 Å². The molecule has 5 heteroatoms. The predicted octanol–water partition coefficient (Wildman–Crippen LogP) is 2.51. The van der Waals surface area contributed by atoms with Crippen LogP contribution in [0.3, 0.4) is 0 Å². The first-order valence-electron chi connectivity index (χ1n) is 10.6. The van der Waals surface area contributed by atoms with E-state index in [1.165, 1.54) is 31.2 Å². The van der Waals surface area contributed by atoms with E-state index in [0.29, 0.717) is 17.9 Å². The van der Waals surface area contributed by atoms with Crippen molar-refractivity contribution in [3.05, 3.63) is 29.8 Å². The van der Waals surface area contributed by atoms with Gasteiger partial charge in [-0.2, -0.15) is 0 Å². The van der Waals surface area contributed by atoms with E-state index >= 15 is 0 Å². The lowest BCUT2D eigenvalue weighted by Gasteiger charge is -2.35. The van der Waals surface area contributed by atoms with Crippen LogP contribution in [0, 0.1) is 11.8 Å². The molecule has 1 aromatic rings. The van der Waals surface area contributed by atoms with Gasteiger partial charge in [0.25, 0.3) is 0 Å². The summed E-state index contributed by atoms with van der Waals surface area (Å²) >= 11 is 0. The van der Waals surface area contributed by atoms with Gasteiger partial charge in [-0.15, -0.1) is 0 Å². The van der Waals surface area contributed by atoms with Crippen LogP contribution in [-0.2, 0) is 11.3 Å². The Labute approximate surface area is 163 Å². The molecule has 1 aliphatic carbocycles. The molecule has 2 heterocycles. The summed E-state index contributed by atoms with van der Waals surface area (Å²) in [5.74, 6) is 2.10. The number of carbonyl (C=O) groups excluding carboxylic acids is 1. The van der Waals surface area contributed by atoms with Crippen molar-refractivity contribution in [2.45, 2.75) is 44.7 Å². The van der Waals surface area contributed by atoms with Gasteiger partial charge in [-0.05, 0) is 49.4 Å². The quantitative estimate of drug-likeness (QED) is 0.835. The SMILES string of the molecule is COc1ccc(CN2CCN(CCC3C(=O)NC4CCCCC43)CC2)cc1. The molecule has 2 aliphatic heterocycles. The monoisotopic (exact) mass is 371 g/mol. The fourth-order valence-corrected chi connectivity index (χ4v) is 5.13. The minimum atomic E-state index is 0.257. The van der Waals surface area contributed by atoms with Gasteiger partial charge in [0, 0.05) is 44.7 Å². The second kappa shape index (κ2) is 8.61. The van der Waals surface area contributed by atoms with Crippen molar-refractivity contribution in [2.75, 3.05) is 39.8 Å². The van der Waals surface area contributed by atoms with Crippen LogP contribution in [0.4, 0.5) is 0 Å². The molecule has 3 unspecified atom stereocenters. The average Bonchev–Trinajstić information content (AvgIpc) is 3.03. The molecule has 1 aromatic carbocycles. The number of hydrogen-bond donors (Lipinski definition) is 1. The Balaban J connectivity index is 1.21. The zero-order chi connectivity index (χ0) is 18.6. The first-order valence-corrected chi connectivity index (χ1v) is 10.6. The summed E-state index contributed by atoms with van der Waals surface area (Å²) in [6.07, 6.45) is 6.05. The average molecular weight is 372 g/mol. The van der Waals surface area contributed by atoms with Crippen LogP contribution in [-0.4, -0.2) is 61.6 Å². The lowest BCUT2D eigenvalue weighted by atomic mass is 9.78. The first-order chi connectivity index (χ1) is 13.2. The molecule has 0 aromatic heterocycles. The molecule has 1 amide bonds. The van der Waals surface area contributed by atoms with Crippen LogP contribution in [0.5, 0.6) is 5.75 Å². The van der Waals surface area contributed by atoms with E-state index in [4.69, 9.17) is 4.74 Å². The highest BCUT2D eigenvalue weighted by atomic mass is 16.5. The third kappa shape index (κ3) is 4.46. The number of nitrogens with zero attached hydrogens (tertiary/aromatic N) is 2. The zero-order valence-electron chi connectivity index (χ0n) is 16.5. The van der Waals surface area contributed by atoms with Gasteiger partial charge >= 0.3 is 0 Å². The summed E-state index contributed by atoms with van der Waals surface area (Å²) < 4.78 is 5.23. The highest BCUT2D eigenvalue weighted by molar-refractivity contribution is 5.81. The molecule has 148 valence electrons. The molecule has 1 N–H and O–H groups in total. The minimum Gasteiger partial charge on any atom is -0.497 e. The van der Waals surface area contributed by atoms with E-state index in [1.807, 2.05) is 12.1 Å². The number of nitrogens with one attached hydrogen (secondary N) is 1. The van der Waals surface area contributed by atoms with Crippen molar-refractivity contribution in [3.8, 4) is 5.75 Å². The summed E-state index contributed by atoms with van der Waals surface area (Å²) in [7, 11) is 1.71. The van der Waals surface area contributed by atoms with Crippen LogP contribution in [0.25, 0.3) is 0 Å². The lowest BCUT2D eigenvalue weighted by molar-refractivity contribution is -0.123. The van der Waals surface area contributed by atoms with Crippen LogP contribution in [0.1, 0.15) is 37.7 Å². The van der Waals surface area contributed by atoms with Gasteiger partial charge in [0.05, 0.1) is 7.11 Å². The van der Waals surface area contributed by atoms with Crippen molar-refractivity contribution in [1.82, 2.24) is 15.1 Å². The van der Waals surface area contributed by atoms with Crippen LogP contribution in [0.2, 0.25) is 0 Å². The number of ether oxygens (including phenoxy) is 1. The van der Waals surface area contributed by atoms with Gasteiger partial charge in [-0.3, -0.25) is 9.69 Å². The van der Waals surface area contributed by atoms with E-state index in [1.54, 1.807) is 7.11 Å². The third-order valence-corrected chi connectivity index (χ3v) is 6.79. The number of fused-ring (bicyclic) bond motifs is 1. The first kappa shape index (κ1) is 18.8. The largest absolute Gasteiger partial charge is 0.497 e. The number of benzene rings is 1. The van der Waals surface area contributed by atoms with E-state index in [9.17, 15) is 4.79 Å². The normalized spacial score (nSPS) is 29.4. The maximum absolute atomic E-state index is 12.4. The number of methoxy groups -OCH3 is 1. The highest BCUT2D eigenvalue weighted by Gasteiger charge is 2.42. The smallest absolute Gasteiger partial charge is 0.223 e. The third-order valence-electron chi connectivity index (χ3n) is 6.79. The zero-order valence-corrected chi connectivity index (χ0v) is 16.5. The molecule has 3 fully saturated rings. The second-order valence-corrected chi connectivity index (χ2v) is 8.42. The molecule has 3 aliphatic rings. The van der Waals surface area contributed by atoms with Crippen molar-refractivity contribution in [1.29, 1.82) is 0 Å². The van der Waals surface area contributed by atoms with Crippen LogP contribution >= 0.6 is 0 Å². The maximum Gasteiger partial charge on any atom is 0.223 e. The maximum atomic E-state index is 12.4. The van der Waals surface area contributed by atoms with Crippen LogP contribution in [0.15, 0.2) is 24.3 Å². The summed E-state index contributed by atoms with van der Waals surface area (Å²) in [4.78, 5) is 17.4. The van der Waals surface area contributed by atoms with E-state index < -0.39 is 0 Å². The Morgan fingerprint density at radius 1 is 1.04 bits per heavy atom. The Bertz CT molecular complexity index is 625. The molecule has 3 atom stereocenters. The summed E-state index contributed by atoms with van der Waals surface area (Å²) in [5, 5.41) is 3.26. The molecule has 0 bridgehead atoms. The number of carbonyl (C=O) groups is 1. The summed E-state index contributed by atoms with van der Waals surface area (Å²) in [6.45, 7) is 6.51. The Hall–Kier alpha value is -1.59. The molecular weight excluding hydrogens is 338 g/mol. The number of piperazine rings is 1. The molecular formula is C22H33N3O2. The Morgan fingerprint density at radius 2 is 1.74 bits per heavy atom. The number of rotatable bonds is 6. The van der Waals surface area contributed by atoms with Crippen LogP contribution < -0.4 is 10.1 Å². The molecule has 5 nitrogen and oxygen atoms in total. The van der Waals surface area contributed by atoms with Gasteiger partial charge in [-0.1, -0.05) is 25.0 Å². The van der Waals surface area contributed by atoms with Gasteiger partial charge in [0.2, 0.25) is 5.91 Å². The number of hydrogen-bond acceptors (Lipinski definition) is 4. The number of amides is 1. The van der Waals surface area contributed by atoms with Gasteiger partial charge in [0.15, 0.2) is 0 Å². The van der Waals surface area contributed by atoms with E-state index in [-0.39, 0.29) is 5.92 Å². The predicted molar refractivity (Wildman–Crippen MR) is 107 cm³/mol. The Kier molecular flexibility index (Phi) is 5.98. The molecule has 2 saturated heterocycles. The van der Waals surface area contributed by atoms with Crippen molar-refractivity contribution < 1.29 is 9.53 Å². The fraction of sp³-hybridized carbons (Fsp3) is 0.682. The van der Waals surface area contributed by atoms with Gasteiger partial charge in [0.1, 0.15) is 5.75 Å². The molecule has 27 heavy (non-hydrogen) atoms. The van der Waals surface area contributed by atoms with Crippen molar-refractivity contribution in [3.63, 3.8) is 0 Å². The molecule has 0 spiro atoms. The van der Waals surface area contributed by atoms with E-state index in [0.717, 1.165) is 51.4 Å². The molecule has 1 saturated carbocycles. The summed E-state index contributed by atoms with van der Waals surface area (Å²) in [6, 6.07) is 8.86. The lowest BCUT2D eigenvalue weighted by Crippen LogP contribution is -2.46. The summed E-state index contributed by atoms with van der Waals surface area (Å²) in [5.41, 5.74) is 1.34. The Morgan fingerprint density at radius 3 is 2.48 bits per heavy atom. The fourth-order valence-electron chi connectivity index (χ4n) is 5.13. The topological polar surface area (TPSA) is 44.8 Å². The standard InChI is InChI=1S/C22H33N3O2/c1-27-18-8-6-17(7-9-18)16-25-14-12-24(13-15-25)11-10-20-19-4-2-3-5-21(19)23-22(20)26/h6-9,19-21H,2-5,10-16H2,1H3,(H,23,26). The molecule has 4 rings (SSSR count). The molecule has 0 radical (unpaired) electrons. The van der Waals surface area contributed by atoms with Gasteiger partial charge in [-0.25, -0.2) is 0 Å². The van der Waals surface area contributed by atoms with Crippen molar-refractivity contribution in [2.24, 2.45) is 11.8 Å². The second-order valence-electron chi connectivity index (χ2n) is 8.42. The minimum absolute atomic E-state index is 0.257. The van der Waals surface area contributed by atoms with E-state index in [2.05, 4.69) is 27.2 Å². The highest BCUT2D eigenvalue weighted by Crippen LogP contribution is 2.37. The van der Waals surface area contributed by atoms with Gasteiger partial charge < -0.3 is 15.0 Å².